The lowest BCUT2D eigenvalue weighted by Gasteiger charge is -2.31. The first-order valence-electron chi connectivity index (χ1n) is 8.86. The summed E-state index contributed by atoms with van der Waals surface area (Å²) in [5.41, 5.74) is -1.66. The fraction of sp³-hybridized carbons (Fsp3) is 0.895. The highest BCUT2D eigenvalue weighted by Crippen LogP contribution is 2.25. The molecule has 0 aliphatic carbocycles. The number of aldehydes is 1. The van der Waals surface area contributed by atoms with Crippen LogP contribution in [-0.4, -0.2) is 36.5 Å². The van der Waals surface area contributed by atoms with E-state index in [1.54, 1.807) is 6.92 Å². The van der Waals surface area contributed by atoms with Crippen LogP contribution in [0.1, 0.15) is 74.1 Å². The topological polar surface area (TPSA) is 52.6 Å². The SMILES string of the molecule is CCCC(C)(OCC(C)C)C(=O)CCC(C)(C=O)OCC(C)C. The number of ether oxygens (including phenoxy) is 2. The van der Waals surface area contributed by atoms with Crippen LogP contribution in [0.15, 0.2) is 0 Å². The Kier molecular flexibility index (Phi) is 9.86. The van der Waals surface area contributed by atoms with Gasteiger partial charge in [0, 0.05) is 6.42 Å². The third kappa shape index (κ3) is 8.61. The lowest BCUT2D eigenvalue weighted by Crippen LogP contribution is -2.41. The van der Waals surface area contributed by atoms with Gasteiger partial charge in [-0.3, -0.25) is 4.79 Å². The van der Waals surface area contributed by atoms with Gasteiger partial charge in [0.2, 0.25) is 0 Å². The van der Waals surface area contributed by atoms with Gasteiger partial charge >= 0.3 is 0 Å². The summed E-state index contributed by atoms with van der Waals surface area (Å²) < 4.78 is 11.6. The summed E-state index contributed by atoms with van der Waals surface area (Å²) in [4.78, 5) is 24.0. The molecule has 0 aromatic carbocycles. The van der Waals surface area contributed by atoms with Crippen LogP contribution in [0.3, 0.4) is 0 Å². The first kappa shape index (κ1) is 22.3. The monoisotopic (exact) mass is 328 g/mol. The molecule has 0 heterocycles. The zero-order valence-electron chi connectivity index (χ0n) is 16.1. The molecule has 2 unspecified atom stereocenters. The Morgan fingerprint density at radius 2 is 1.52 bits per heavy atom. The first-order chi connectivity index (χ1) is 10.6. The van der Waals surface area contributed by atoms with Crippen LogP contribution in [0.2, 0.25) is 0 Å². The quantitative estimate of drug-likeness (QED) is 0.476. The van der Waals surface area contributed by atoms with Crippen molar-refractivity contribution in [1.82, 2.24) is 0 Å². The van der Waals surface area contributed by atoms with Crippen LogP contribution < -0.4 is 0 Å². The largest absolute Gasteiger partial charge is 0.368 e. The molecular weight excluding hydrogens is 292 g/mol. The average molecular weight is 328 g/mol. The van der Waals surface area contributed by atoms with Gasteiger partial charge in [-0.1, -0.05) is 41.0 Å². The number of carbonyl (C=O) groups is 2. The molecule has 4 nitrogen and oxygen atoms in total. The molecule has 23 heavy (non-hydrogen) atoms. The molecule has 0 saturated heterocycles. The molecule has 0 fully saturated rings. The molecule has 0 radical (unpaired) electrons. The third-order valence-corrected chi connectivity index (χ3v) is 3.90. The molecule has 0 saturated carbocycles. The molecule has 0 bridgehead atoms. The molecule has 0 N–H and O–H groups in total. The highest BCUT2D eigenvalue weighted by Gasteiger charge is 2.35. The predicted octanol–water partition coefficient (Wildman–Crippen LogP) is 4.20. The first-order valence-corrected chi connectivity index (χ1v) is 8.86. The Hall–Kier alpha value is -0.740. The number of carbonyl (C=O) groups excluding carboxylic acids is 2. The van der Waals surface area contributed by atoms with E-state index >= 15 is 0 Å². The van der Waals surface area contributed by atoms with E-state index in [2.05, 4.69) is 13.8 Å². The van der Waals surface area contributed by atoms with Gasteiger partial charge in [-0.25, -0.2) is 0 Å². The van der Waals surface area contributed by atoms with Crippen LogP contribution in [0.5, 0.6) is 0 Å². The smallest absolute Gasteiger partial charge is 0.164 e. The molecule has 0 spiro atoms. The number of rotatable bonds is 13. The van der Waals surface area contributed by atoms with E-state index in [0.29, 0.717) is 44.3 Å². The molecule has 0 rings (SSSR count). The number of hydrogen-bond donors (Lipinski definition) is 0. The summed E-state index contributed by atoms with van der Waals surface area (Å²) in [5, 5.41) is 0. The summed E-state index contributed by atoms with van der Waals surface area (Å²) in [6, 6.07) is 0. The normalized spacial score (nSPS) is 17.1. The highest BCUT2D eigenvalue weighted by atomic mass is 16.5. The van der Waals surface area contributed by atoms with Gasteiger partial charge in [0.15, 0.2) is 12.1 Å². The second kappa shape index (κ2) is 10.2. The molecule has 0 aromatic heterocycles. The van der Waals surface area contributed by atoms with Crippen LogP contribution in [0, 0.1) is 11.8 Å². The summed E-state index contributed by atoms with van der Waals surface area (Å²) in [6.07, 6.45) is 3.08. The standard InChI is InChI=1S/C19H36O4/c1-8-10-19(7,23-13-16(4)5)17(21)9-11-18(6,14-20)22-12-15(2)3/h14-16H,8-13H2,1-7H3. The maximum atomic E-state index is 12.7. The molecule has 0 amide bonds. The minimum Gasteiger partial charge on any atom is -0.368 e. The summed E-state index contributed by atoms with van der Waals surface area (Å²) in [7, 11) is 0. The van der Waals surface area contributed by atoms with Crippen molar-refractivity contribution in [2.24, 2.45) is 11.8 Å². The predicted molar refractivity (Wildman–Crippen MR) is 93.6 cm³/mol. The summed E-state index contributed by atoms with van der Waals surface area (Å²) >= 11 is 0. The van der Waals surface area contributed by atoms with Crippen LogP contribution in [-0.2, 0) is 19.1 Å². The van der Waals surface area contributed by atoms with Gasteiger partial charge in [0.25, 0.3) is 0 Å². The van der Waals surface area contributed by atoms with Gasteiger partial charge in [0.05, 0.1) is 13.2 Å². The number of hydrogen-bond acceptors (Lipinski definition) is 4. The van der Waals surface area contributed by atoms with Crippen LogP contribution in [0.25, 0.3) is 0 Å². The maximum absolute atomic E-state index is 12.7. The van der Waals surface area contributed by atoms with E-state index in [9.17, 15) is 9.59 Å². The molecule has 4 heteroatoms. The number of ketones is 1. The Balaban J connectivity index is 4.74. The van der Waals surface area contributed by atoms with Crippen molar-refractivity contribution in [2.45, 2.75) is 85.4 Å². The fourth-order valence-electron chi connectivity index (χ4n) is 2.27. The van der Waals surface area contributed by atoms with E-state index < -0.39 is 11.2 Å². The van der Waals surface area contributed by atoms with Gasteiger partial charge < -0.3 is 14.3 Å². The minimum atomic E-state index is -0.898. The summed E-state index contributed by atoms with van der Waals surface area (Å²) in [6.45, 7) is 15.0. The van der Waals surface area contributed by atoms with E-state index in [1.165, 1.54) is 0 Å². The third-order valence-electron chi connectivity index (χ3n) is 3.90. The zero-order valence-corrected chi connectivity index (χ0v) is 16.1. The second-order valence-electron chi connectivity index (χ2n) is 7.74. The van der Waals surface area contributed by atoms with E-state index in [1.807, 2.05) is 27.7 Å². The van der Waals surface area contributed by atoms with E-state index in [-0.39, 0.29) is 5.78 Å². The van der Waals surface area contributed by atoms with Crippen molar-refractivity contribution in [2.75, 3.05) is 13.2 Å². The van der Waals surface area contributed by atoms with Gasteiger partial charge in [-0.15, -0.1) is 0 Å². The molecular formula is C19H36O4. The molecule has 2 atom stereocenters. The molecule has 0 aromatic rings. The number of Topliss-reactive ketones (excluding diaryl/α,β-unsaturated/α-hetero) is 1. The fourth-order valence-corrected chi connectivity index (χ4v) is 2.27. The lowest BCUT2D eigenvalue weighted by atomic mass is 9.88. The second-order valence-corrected chi connectivity index (χ2v) is 7.74. The van der Waals surface area contributed by atoms with Crippen molar-refractivity contribution in [3.8, 4) is 0 Å². The van der Waals surface area contributed by atoms with E-state index in [0.717, 1.165) is 12.7 Å². The van der Waals surface area contributed by atoms with E-state index in [4.69, 9.17) is 9.47 Å². The lowest BCUT2D eigenvalue weighted by molar-refractivity contribution is -0.148. The Morgan fingerprint density at radius 3 is 1.96 bits per heavy atom. The molecule has 0 aliphatic rings. The Bertz CT molecular complexity index is 364. The van der Waals surface area contributed by atoms with Crippen molar-refractivity contribution in [1.29, 1.82) is 0 Å². The Labute approximate surface area is 142 Å². The summed E-state index contributed by atoms with van der Waals surface area (Å²) in [5.74, 6) is 0.791. The van der Waals surface area contributed by atoms with Gasteiger partial charge in [-0.05, 0) is 38.5 Å². The zero-order chi connectivity index (χ0) is 18.1. The highest BCUT2D eigenvalue weighted by molar-refractivity contribution is 5.87. The van der Waals surface area contributed by atoms with Crippen LogP contribution >= 0.6 is 0 Å². The van der Waals surface area contributed by atoms with Gasteiger partial charge in [0.1, 0.15) is 11.2 Å². The van der Waals surface area contributed by atoms with Gasteiger partial charge in [-0.2, -0.15) is 0 Å². The van der Waals surface area contributed by atoms with Crippen LogP contribution in [0.4, 0.5) is 0 Å². The van der Waals surface area contributed by atoms with Crippen molar-refractivity contribution in [3.63, 3.8) is 0 Å². The van der Waals surface area contributed by atoms with Crippen molar-refractivity contribution in [3.05, 3.63) is 0 Å². The molecule has 0 aliphatic heterocycles. The minimum absolute atomic E-state index is 0.0567. The Morgan fingerprint density at radius 1 is 1.00 bits per heavy atom. The van der Waals surface area contributed by atoms with Crippen molar-refractivity contribution >= 4 is 12.1 Å². The molecule has 136 valence electrons. The van der Waals surface area contributed by atoms with Crippen molar-refractivity contribution < 1.29 is 19.1 Å². The maximum Gasteiger partial charge on any atom is 0.164 e. The average Bonchev–Trinajstić information content (AvgIpc) is 2.49.